The van der Waals surface area contributed by atoms with Gasteiger partial charge in [0, 0.05) is 48.9 Å². The highest BCUT2D eigenvalue weighted by Gasteiger charge is 2.43. The van der Waals surface area contributed by atoms with Gasteiger partial charge in [0.1, 0.15) is 11.6 Å². The van der Waals surface area contributed by atoms with Gasteiger partial charge in [-0.05, 0) is 49.7 Å². The zero-order chi connectivity index (χ0) is 20.7. The number of fused-ring (bicyclic) bond motifs is 1. The fraction of sp³-hybridized carbons (Fsp3) is 0.522. The first-order valence-corrected chi connectivity index (χ1v) is 10.7. The number of aromatic nitrogens is 2. The van der Waals surface area contributed by atoms with E-state index in [4.69, 9.17) is 14.5 Å². The van der Waals surface area contributed by atoms with Gasteiger partial charge in [-0.1, -0.05) is 0 Å². The quantitative estimate of drug-likeness (QED) is 0.844. The molecule has 1 saturated heterocycles. The number of carbonyl (C=O) groups is 1. The minimum absolute atomic E-state index is 0.0396. The van der Waals surface area contributed by atoms with E-state index in [2.05, 4.69) is 10.4 Å². The summed E-state index contributed by atoms with van der Waals surface area (Å²) in [6.07, 6.45) is 9.58. The van der Waals surface area contributed by atoms with E-state index in [9.17, 15) is 4.79 Å². The van der Waals surface area contributed by atoms with Crippen LogP contribution in [0.5, 0.6) is 5.75 Å². The Bertz CT molecular complexity index is 1000. The van der Waals surface area contributed by atoms with Gasteiger partial charge in [0.05, 0.1) is 25.6 Å². The number of nitrogens with zero attached hydrogens (tertiary/aromatic N) is 3. The van der Waals surface area contributed by atoms with E-state index >= 15 is 0 Å². The van der Waals surface area contributed by atoms with Gasteiger partial charge in [0.25, 0.3) is 0 Å². The van der Waals surface area contributed by atoms with Crippen molar-refractivity contribution < 1.29 is 14.3 Å². The van der Waals surface area contributed by atoms with Crippen molar-refractivity contribution in [1.82, 2.24) is 15.1 Å². The van der Waals surface area contributed by atoms with E-state index < -0.39 is 0 Å². The number of carbonyl (C=O) groups excluding carboxylic acids is 1. The van der Waals surface area contributed by atoms with Crippen molar-refractivity contribution in [3.8, 4) is 16.9 Å². The zero-order valence-corrected chi connectivity index (χ0v) is 17.6. The number of methoxy groups -OCH3 is 1. The van der Waals surface area contributed by atoms with E-state index in [1.165, 1.54) is 6.42 Å². The van der Waals surface area contributed by atoms with E-state index in [1.54, 1.807) is 11.8 Å². The largest absolute Gasteiger partial charge is 0.496 e. The molecule has 0 bridgehead atoms. The molecule has 7 nitrogen and oxygen atoms in total. The van der Waals surface area contributed by atoms with Crippen LogP contribution in [0.25, 0.3) is 11.1 Å². The van der Waals surface area contributed by atoms with Crippen LogP contribution in [-0.4, -0.2) is 41.8 Å². The van der Waals surface area contributed by atoms with Gasteiger partial charge in [-0.25, -0.2) is 4.99 Å². The Morgan fingerprint density at radius 2 is 2.27 bits per heavy atom. The van der Waals surface area contributed by atoms with Gasteiger partial charge in [-0.2, -0.15) is 5.10 Å². The summed E-state index contributed by atoms with van der Waals surface area (Å²) >= 11 is 0. The molecule has 30 heavy (non-hydrogen) atoms. The highest BCUT2D eigenvalue weighted by atomic mass is 16.5. The van der Waals surface area contributed by atoms with Crippen LogP contribution in [0, 0.1) is 11.3 Å². The Morgan fingerprint density at radius 3 is 3.00 bits per heavy atom. The molecule has 7 heteroatoms. The summed E-state index contributed by atoms with van der Waals surface area (Å²) in [4.78, 5) is 17.8. The summed E-state index contributed by atoms with van der Waals surface area (Å²) in [5.74, 6) is 1.62. The van der Waals surface area contributed by atoms with Crippen LogP contribution in [0.2, 0.25) is 0 Å². The third-order valence-electron chi connectivity index (χ3n) is 6.81. The molecule has 1 aromatic heterocycles. The van der Waals surface area contributed by atoms with Crippen molar-refractivity contribution in [2.24, 2.45) is 23.4 Å². The number of rotatable bonds is 3. The van der Waals surface area contributed by atoms with E-state index in [-0.39, 0.29) is 17.2 Å². The molecular formula is C23H28N4O3. The summed E-state index contributed by atoms with van der Waals surface area (Å²) in [6, 6.07) is 3.97. The first kappa shape index (κ1) is 19.3. The van der Waals surface area contributed by atoms with Crippen molar-refractivity contribution in [1.29, 1.82) is 0 Å². The molecule has 158 valence electrons. The van der Waals surface area contributed by atoms with Crippen LogP contribution in [0.4, 0.5) is 5.69 Å². The third kappa shape index (κ3) is 3.41. The number of amidine groups is 1. The van der Waals surface area contributed by atoms with Crippen LogP contribution in [-0.2, 0) is 23.0 Å². The molecule has 1 N–H and O–H groups in total. The van der Waals surface area contributed by atoms with Gasteiger partial charge < -0.3 is 14.8 Å². The maximum absolute atomic E-state index is 13.0. The lowest BCUT2D eigenvalue weighted by molar-refractivity contribution is -0.123. The molecule has 1 amide bonds. The molecule has 1 aromatic carbocycles. The Hall–Kier alpha value is -2.67. The molecule has 0 radical (unpaired) electrons. The minimum atomic E-state index is 0.0396. The smallest absolute Gasteiger partial charge is 0.228 e. The monoisotopic (exact) mass is 408 g/mol. The SMILES string of the molecule is COc1ccc(-c2cnn(C)c2)c2c1CC(NC(=O)C1CCC3(CCCOC3)C1)=N2. The summed E-state index contributed by atoms with van der Waals surface area (Å²) < 4.78 is 13.1. The van der Waals surface area contributed by atoms with Crippen LogP contribution in [0.1, 0.15) is 37.7 Å². The number of aryl methyl sites for hydroxylation is 1. The van der Waals surface area contributed by atoms with Crippen LogP contribution in [0.3, 0.4) is 0 Å². The lowest BCUT2D eigenvalue weighted by atomic mass is 9.80. The molecule has 2 aliphatic heterocycles. The van der Waals surface area contributed by atoms with Crippen molar-refractivity contribution in [2.45, 2.75) is 38.5 Å². The van der Waals surface area contributed by atoms with Gasteiger partial charge in [-0.3, -0.25) is 9.48 Å². The van der Waals surface area contributed by atoms with Crippen LogP contribution >= 0.6 is 0 Å². The average molecular weight is 409 g/mol. The maximum atomic E-state index is 13.0. The molecule has 1 spiro atoms. The fourth-order valence-electron chi connectivity index (χ4n) is 5.26. The van der Waals surface area contributed by atoms with E-state index in [0.29, 0.717) is 12.3 Å². The topological polar surface area (TPSA) is 77.7 Å². The number of hydrogen-bond acceptors (Lipinski definition) is 5. The van der Waals surface area contributed by atoms with Crippen LogP contribution < -0.4 is 10.1 Å². The number of benzene rings is 1. The second-order valence-electron chi connectivity index (χ2n) is 8.87. The lowest BCUT2D eigenvalue weighted by Gasteiger charge is -2.33. The molecule has 2 unspecified atom stereocenters. The molecule has 1 saturated carbocycles. The summed E-state index contributed by atoms with van der Waals surface area (Å²) in [5, 5.41) is 7.40. The number of aliphatic imine (C=N–C) groups is 1. The summed E-state index contributed by atoms with van der Waals surface area (Å²) in [7, 11) is 3.56. The lowest BCUT2D eigenvalue weighted by Crippen LogP contribution is -2.36. The Morgan fingerprint density at radius 1 is 1.37 bits per heavy atom. The normalized spacial score (nSPS) is 25.3. The average Bonchev–Trinajstić information content (AvgIpc) is 3.47. The molecule has 1 aliphatic carbocycles. The highest BCUT2D eigenvalue weighted by Crippen LogP contribution is 2.47. The first-order valence-electron chi connectivity index (χ1n) is 10.7. The summed E-state index contributed by atoms with van der Waals surface area (Å²) in [5.41, 5.74) is 4.08. The minimum Gasteiger partial charge on any atom is -0.496 e. The Kier molecular flexibility index (Phi) is 4.85. The first-order chi connectivity index (χ1) is 14.6. The fourth-order valence-corrected chi connectivity index (χ4v) is 5.26. The Balaban J connectivity index is 1.35. The van der Waals surface area contributed by atoms with Crippen molar-refractivity contribution in [2.75, 3.05) is 20.3 Å². The third-order valence-corrected chi connectivity index (χ3v) is 6.81. The molecule has 3 heterocycles. The number of nitrogens with one attached hydrogen (secondary N) is 1. The molecular weight excluding hydrogens is 380 g/mol. The van der Waals surface area contributed by atoms with Crippen LogP contribution in [0.15, 0.2) is 29.5 Å². The van der Waals surface area contributed by atoms with Crippen molar-refractivity contribution >= 4 is 17.4 Å². The standard InChI is InChI=1S/C23H28N4O3/c1-27-13-16(12-24-27)17-4-5-19(29-2)18-10-20(25-21(17)18)26-22(28)15-6-8-23(11-15)7-3-9-30-14-23/h4-5,12-13,15H,3,6-11,14H2,1-2H3,(H,25,26,28). The molecule has 2 atom stereocenters. The summed E-state index contributed by atoms with van der Waals surface area (Å²) in [6.45, 7) is 1.66. The number of amides is 1. The zero-order valence-electron chi connectivity index (χ0n) is 17.6. The second kappa shape index (κ2) is 7.54. The van der Waals surface area contributed by atoms with Gasteiger partial charge in [0.2, 0.25) is 5.91 Å². The predicted molar refractivity (Wildman–Crippen MR) is 114 cm³/mol. The number of ether oxygens (including phenoxy) is 2. The highest BCUT2D eigenvalue weighted by molar-refractivity contribution is 6.05. The molecule has 5 rings (SSSR count). The van der Waals surface area contributed by atoms with Crippen molar-refractivity contribution in [3.05, 3.63) is 30.1 Å². The molecule has 2 fully saturated rings. The number of hydrogen-bond donors (Lipinski definition) is 1. The van der Waals surface area contributed by atoms with Crippen molar-refractivity contribution in [3.63, 3.8) is 0 Å². The van der Waals surface area contributed by atoms with Gasteiger partial charge in [-0.15, -0.1) is 0 Å². The second-order valence-corrected chi connectivity index (χ2v) is 8.87. The van der Waals surface area contributed by atoms with Gasteiger partial charge in [0.15, 0.2) is 0 Å². The predicted octanol–water partition coefficient (Wildman–Crippen LogP) is 3.39. The van der Waals surface area contributed by atoms with E-state index in [1.807, 2.05) is 31.6 Å². The Labute approximate surface area is 176 Å². The maximum Gasteiger partial charge on any atom is 0.228 e. The van der Waals surface area contributed by atoms with Gasteiger partial charge >= 0.3 is 0 Å². The van der Waals surface area contributed by atoms with E-state index in [0.717, 1.165) is 67.0 Å². The molecule has 2 aromatic rings. The molecule has 3 aliphatic rings.